The molecule has 5 heteroatoms. The highest BCUT2D eigenvalue weighted by molar-refractivity contribution is 5.95. The molecule has 0 saturated carbocycles. The normalized spacial score (nSPS) is 17.6. The van der Waals surface area contributed by atoms with Crippen LogP contribution in [0, 0.1) is 0 Å². The van der Waals surface area contributed by atoms with Crippen molar-refractivity contribution in [2.75, 3.05) is 6.54 Å². The van der Waals surface area contributed by atoms with Crippen LogP contribution in [0.15, 0.2) is 59.3 Å². The van der Waals surface area contributed by atoms with Crippen LogP contribution in [0.4, 0.5) is 0 Å². The molecule has 0 radical (unpaired) electrons. The zero-order valence-electron chi connectivity index (χ0n) is 12.6. The number of carbonyl (C=O) groups is 1. The zero-order chi connectivity index (χ0) is 15.6. The lowest BCUT2D eigenvalue weighted by molar-refractivity contribution is 0.0720. The van der Waals surface area contributed by atoms with E-state index in [0.717, 1.165) is 36.4 Å². The van der Waals surface area contributed by atoms with Gasteiger partial charge < -0.3 is 9.32 Å². The summed E-state index contributed by atoms with van der Waals surface area (Å²) in [5, 5.41) is 6.87. The maximum Gasteiger partial charge on any atom is 0.254 e. The Kier molecular flexibility index (Phi) is 3.46. The number of amides is 1. The van der Waals surface area contributed by atoms with Crippen molar-refractivity contribution in [2.45, 2.75) is 18.9 Å². The highest BCUT2D eigenvalue weighted by Crippen LogP contribution is 2.33. The monoisotopic (exact) mass is 307 g/mol. The molecule has 1 amide bonds. The highest BCUT2D eigenvalue weighted by atomic mass is 16.3. The van der Waals surface area contributed by atoms with Gasteiger partial charge >= 0.3 is 0 Å². The molecule has 5 nitrogen and oxygen atoms in total. The van der Waals surface area contributed by atoms with Crippen molar-refractivity contribution in [1.82, 2.24) is 15.1 Å². The SMILES string of the molecule is O=C(c1ccc(-c2ccn[nH]2)cc1)N1CCC[C@@H]1c1ccco1. The number of aromatic nitrogens is 2. The lowest BCUT2D eigenvalue weighted by Crippen LogP contribution is -2.30. The predicted molar refractivity (Wildman–Crippen MR) is 85.7 cm³/mol. The van der Waals surface area contributed by atoms with E-state index in [4.69, 9.17) is 4.42 Å². The fraction of sp³-hybridized carbons (Fsp3) is 0.222. The van der Waals surface area contributed by atoms with E-state index < -0.39 is 0 Å². The highest BCUT2D eigenvalue weighted by Gasteiger charge is 2.32. The molecule has 3 aromatic rings. The quantitative estimate of drug-likeness (QED) is 0.803. The van der Waals surface area contributed by atoms with E-state index in [2.05, 4.69) is 10.2 Å². The molecule has 116 valence electrons. The van der Waals surface area contributed by atoms with Crippen LogP contribution < -0.4 is 0 Å². The molecule has 1 aliphatic heterocycles. The van der Waals surface area contributed by atoms with Crippen molar-refractivity contribution >= 4 is 5.91 Å². The van der Waals surface area contributed by atoms with Gasteiger partial charge in [0, 0.05) is 18.3 Å². The minimum absolute atomic E-state index is 0.0461. The second-order valence-electron chi connectivity index (χ2n) is 5.72. The second-order valence-corrected chi connectivity index (χ2v) is 5.72. The van der Waals surface area contributed by atoms with Crippen molar-refractivity contribution < 1.29 is 9.21 Å². The minimum Gasteiger partial charge on any atom is -0.467 e. The van der Waals surface area contributed by atoms with Gasteiger partial charge in [0.2, 0.25) is 0 Å². The molecule has 2 aromatic heterocycles. The molecule has 4 rings (SSSR count). The summed E-state index contributed by atoms with van der Waals surface area (Å²) >= 11 is 0. The summed E-state index contributed by atoms with van der Waals surface area (Å²) in [4.78, 5) is 14.7. The third-order valence-electron chi connectivity index (χ3n) is 4.33. The second kappa shape index (κ2) is 5.76. The molecule has 1 aromatic carbocycles. The Balaban J connectivity index is 1.56. The minimum atomic E-state index is 0.0461. The standard InChI is InChI=1S/C18H17N3O2/c22-18(21-11-1-3-16(21)17-4-2-12-23-17)14-7-5-13(6-8-14)15-9-10-19-20-15/h2,4-10,12,16H,1,3,11H2,(H,19,20)/t16-/m1/s1. The molecule has 0 spiro atoms. The fourth-order valence-electron chi connectivity index (χ4n) is 3.16. The van der Waals surface area contributed by atoms with Gasteiger partial charge in [0.25, 0.3) is 5.91 Å². The first kappa shape index (κ1) is 13.8. The number of carbonyl (C=O) groups excluding carboxylic acids is 1. The van der Waals surface area contributed by atoms with E-state index >= 15 is 0 Å². The van der Waals surface area contributed by atoms with Crippen molar-refractivity contribution in [1.29, 1.82) is 0 Å². The number of nitrogens with zero attached hydrogens (tertiary/aromatic N) is 2. The van der Waals surface area contributed by atoms with Crippen LogP contribution in [0.25, 0.3) is 11.3 Å². The molecule has 0 aliphatic carbocycles. The molecule has 3 heterocycles. The van der Waals surface area contributed by atoms with Gasteiger partial charge in [-0.2, -0.15) is 5.10 Å². The molecule has 1 N–H and O–H groups in total. The van der Waals surface area contributed by atoms with Crippen LogP contribution in [0.2, 0.25) is 0 Å². The molecule has 1 atom stereocenters. The number of aromatic amines is 1. The predicted octanol–water partition coefficient (Wildman–Crippen LogP) is 3.65. The summed E-state index contributed by atoms with van der Waals surface area (Å²) in [6.45, 7) is 0.770. The van der Waals surface area contributed by atoms with E-state index in [1.54, 1.807) is 12.5 Å². The number of likely N-dealkylation sites (tertiary alicyclic amines) is 1. The van der Waals surface area contributed by atoms with Crippen molar-refractivity contribution in [3.63, 3.8) is 0 Å². The largest absolute Gasteiger partial charge is 0.467 e. The van der Waals surface area contributed by atoms with E-state index in [1.807, 2.05) is 47.4 Å². The molecule has 23 heavy (non-hydrogen) atoms. The Labute approximate surface area is 133 Å². The summed E-state index contributed by atoms with van der Waals surface area (Å²) in [6.07, 6.45) is 5.33. The van der Waals surface area contributed by atoms with Gasteiger partial charge in [0.15, 0.2) is 0 Å². The van der Waals surface area contributed by atoms with E-state index in [0.29, 0.717) is 5.56 Å². The third kappa shape index (κ3) is 2.54. The number of H-pyrrole nitrogens is 1. The van der Waals surface area contributed by atoms with Gasteiger partial charge in [-0.25, -0.2) is 0 Å². The maximum atomic E-state index is 12.8. The van der Waals surface area contributed by atoms with Gasteiger partial charge in [0.1, 0.15) is 5.76 Å². The molecule has 0 unspecified atom stereocenters. The Morgan fingerprint density at radius 3 is 2.78 bits per heavy atom. The van der Waals surface area contributed by atoms with Gasteiger partial charge in [-0.15, -0.1) is 0 Å². The zero-order valence-corrected chi connectivity index (χ0v) is 12.6. The lowest BCUT2D eigenvalue weighted by Gasteiger charge is -2.23. The Hall–Kier alpha value is -2.82. The summed E-state index contributed by atoms with van der Waals surface area (Å²) < 4.78 is 5.50. The first-order valence-electron chi connectivity index (χ1n) is 7.77. The van der Waals surface area contributed by atoms with E-state index in [9.17, 15) is 4.79 Å². The third-order valence-corrected chi connectivity index (χ3v) is 4.33. The molecule has 1 aliphatic rings. The van der Waals surface area contributed by atoms with Gasteiger partial charge in [-0.05, 0) is 48.7 Å². The van der Waals surface area contributed by atoms with Crippen LogP contribution in [0.1, 0.15) is 35.0 Å². The average molecular weight is 307 g/mol. The van der Waals surface area contributed by atoms with Crippen LogP contribution in [-0.2, 0) is 0 Å². The van der Waals surface area contributed by atoms with Gasteiger partial charge in [0.05, 0.1) is 18.0 Å². The van der Waals surface area contributed by atoms with Crippen molar-refractivity contribution in [3.8, 4) is 11.3 Å². The fourth-order valence-corrected chi connectivity index (χ4v) is 3.16. The van der Waals surface area contributed by atoms with Gasteiger partial charge in [-0.3, -0.25) is 9.89 Å². The molecule has 1 fully saturated rings. The van der Waals surface area contributed by atoms with Crippen LogP contribution in [0.3, 0.4) is 0 Å². The van der Waals surface area contributed by atoms with Crippen LogP contribution >= 0.6 is 0 Å². The Bertz CT molecular complexity index is 776. The summed E-state index contributed by atoms with van der Waals surface area (Å²) in [7, 11) is 0. The number of nitrogens with one attached hydrogen (secondary N) is 1. The molecule has 1 saturated heterocycles. The maximum absolute atomic E-state index is 12.8. The van der Waals surface area contributed by atoms with Gasteiger partial charge in [-0.1, -0.05) is 12.1 Å². The summed E-state index contributed by atoms with van der Waals surface area (Å²) in [5.41, 5.74) is 2.66. The first-order valence-corrected chi connectivity index (χ1v) is 7.77. The van der Waals surface area contributed by atoms with Crippen molar-refractivity contribution in [3.05, 3.63) is 66.2 Å². The first-order chi connectivity index (χ1) is 11.3. The Morgan fingerprint density at radius 2 is 2.09 bits per heavy atom. The average Bonchev–Trinajstić information content (AvgIpc) is 3.35. The number of furan rings is 1. The lowest BCUT2D eigenvalue weighted by atomic mass is 10.1. The smallest absolute Gasteiger partial charge is 0.254 e. The molecular formula is C18H17N3O2. The summed E-state index contributed by atoms with van der Waals surface area (Å²) in [5.74, 6) is 0.921. The number of hydrogen-bond acceptors (Lipinski definition) is 3. The Morgan fingerprint density at radius 1 is 1.22 bits per heavy atom. The van der Waals surface area contributed by atoms with E-state index in [1.165, 1.54) is 0 Å². The number of hydrogen-bond donors (Lipinski definition) is 1. The van der Waals surface area contributed by atoms with Crippen molar-refractivity contribution in [2.24, 2.45) is 0 Å². The molecule has 0 bridgehead atoms. The van der Waals surface area contributed by atoms with Crippen LogP contribution in [0.5, 0.6) is 0 Å². The molecular weight excluding hydrogens is 290 g/mol. The summed E-state index contributed by atoms with van der Waals surface area (Å²) in [6, 6.07) is 13.4. The number of rotatable bonds is 3. The topological polar surface area (TPSA) is 62.1 Å². The number of benzene rings is 1. The van der Waals surface area contributed by atoms with Crippen LogP contribution in [-0.4, -0.2) is 27.5 Å². The van der Waals surface area contributed by atoms with E-state index in [-0.39, 0.29) is 11.9 Å².